The lowest BCUT2D eigenvalue weighted by atomic mass is 10.1. The fraction of sp³-hybridized carbons (Fsp3) is 0.417. The highest BCUT2D eigenvalue weighted by Gasteiger charge is 2.01. The SMILES string of the molecule is COCCc1ccc(OCC(=O)CCl)cc1. The average molecular weight is 243 g/mol. The van der Waals surface area contributed by atoms with Crippen molar-refractivity contribution in [2.24, 2.45) is 0 Å². The molecule has 0 aliphatic heterocycles. The van der Waals surface area contributed by atoms with Gasteiger partial charge in [0.25, 0.3) is 0 Å². The molecule has 88 valence electrons. The molecule has 4 heteroatoms. The minimum absolute atomic E-state index is 0.00801. The molecule has 0 saturated heterocycles. The van der Waals surface area contributed by atoms with E-state index in [1.54, 1.807) is 7.11 Å². The highest BCUT2D eigenvalue weighted by molar-refractivity contribution is 6.27. The molecule has 0 heterocycles. The third kappa shape index (κ3) is 4.64. The van der Waals surface area contributed by atoms with E-state index in [4.69, 9.17) is 21.1 Å². The molecule has 16 heavy (non-hydrogen) atoms. The number of carbonyl (C=O) groups is 1. The fourth-order valence-electron chi connectivity index (χ4n) is 1.17. The summed E-state index contributed by atoms with van der Waals surface area (Å²) in [7, 11) is 1.68. The second kappa shape index (κ2) is 7.25. The lowest BCUT2D eigenvalue weighted by molar-refractivity contribution is -0.118. The van der Waals surface area contributed by atoms with E-state index in [1.165, 1.54) is 5.56 Å². The van der Waals surface area contributed by atoms with Crippen molar-refractivity contribution in [1.82, 2.24) is 0 Å². The van der Waals surface area contributed by atoms with Gasteiger partial charge in [-0.25, -0.2) is 0 Å². The van der Waals surface area contributed by atoms with E-state index in [0.29, 0.717) is 12.4 Å². The highest BCUT2D eigenvalue weighted by Crippen LogP contribution is 2.12. The van der Waals surface area contributed by atoms with Crippen LogP contribution in [0, 0.1) is 0 Å². The van der Waals surface area contributed by atoms with Gasteiger partial charge in [-0.3, -0.25) is 4.79 Å². The van der Waals surface area contributed by atoms with Crippen LogP contribution in [0.5, 0.6) is 5.75 Å². The molecule has 0 saturated carbocycles. The number of hydrogen-bond donors (Lipinski definition) is 0. The van der Waals surface area contributed by atoms with Gasteiger partial charge in [-0.05, 0) is 24.1 Å². The minimum atomic E-state index is -0.120. The summed E-state index contributed by atoms with van der Waals surface area (Å²) < 4.78 is 10.2. The minimum Gasteiger partial charge on any atom is -0.486 e. The number of halogens is 1. The summed E-state index contributed by atoms with van der Waals surface area (Å²) in [5.74, 6) is 0.552. The van der Waals surface area contributed by atoms with Crippen molar-refractivity contribution in [2.75, 3.05) is 26.2 Å². The van der Waals surface area contributed by atoms with E-state index in [1.807, 2.05) is 24.3 Å². The van der Waals surface area contributed by atoms with Crippen molar-refractivity contribution in [1.29, 1.82) is 0 Å². The van der Waals surface area contributed by atoms with Crippen LogP contribution < -0.4 is 4.74 Å². The molecule has 0 radical (unpaired) electrons. The number of Topliss-reactive ketones (excluding diaryl/α,β-unsaturated/α-hetero) is 1. The van der Waals surface area contributed by atoms with Gasteiger partial charge in [0.15, 0.2) is 5.78 Å². The van der Waals surface area contributed by atoms with E-state index in [2.05, 4.69) is 0 Å². The van der Waals surface area contributed by atoms with Gasteiger partial charge in [0.2, 0.25) is 0 Å². The molecule has 0 aliphatic rings. The van der Waals surface area contributed by atoms with Crippen molar-refractivity contribution in [2.45, 2.75) is 6.42 Å². The number of ketones is 1. The van der Waals surface area contributed by atoms with Crippen LogP contribution in [0.25, 0.3) is 0 Å². The molecule has 1 aromatic carbocycles. The first-order chi connectivity index (χ1) is 7.76. The van der Waals surface area contributed by atoms with Crippen LogP contribution in [0.1, 0.15) is 5.56 Å². The fourth-order valence-corrected chi connectivity index (χ4v) is 1.25. The standard InChI is InChI=1S/C12H15ClO3/c1-15-7-6-10-2-4-12(5-3-10)16-9-11(14)8-13/h2-5H,6-9H2,1H3. The molecule has 0 spiro atoms. The van der Waals surface area contributed by atoms with E-state index in [0.717, 1.165) is 6.42 Å². The maximum Gasteiger partial charge on any atom is 0.184 e. The number of ether oxygens (including phenoxy) is 2. The Bertz CT molecular complexity index is 322. The van der Waals surface area contributed by atoms with Crippen molar-refractivity contribution in [3.63, 3.8) is 0 Å². The van der Waals surface area contributed by atoms with Gasteiger partial charge in [0.1, 0.15) is 12.4 Å². The number of benzene rings is 1. The highest BCUT2D eigenvalue weighted by atomic mass is 35.5. The summed E-state index contributed by atoms with van der Waals surface area (Å²) in [5, 5.41) is 0. The number of rotatable bonds is 7. The van der Waals surface area contributed by atoms with Crippen LogP contribution >= 0.6 is 11.6 Å². The van der Waals surface area contributed by atoms with Gasteiger partial charge in [0.05, 0.1) is 12.5 Å². The lowest BCUT2D eigenvalue weighted by Crippen LogP contribution is -2.12. The third-order valence-electron chi connectivity index (χ3n) is 2.07. The van der Waals surface area contributed by atoms with Gasteiger partial charge >= 0.3 is 0 Å². The van der Waals surface area contributed by atoms with Crippen LogP contribution in [0.3, 0.4) is 0 Å². The maximum atomic E-state index is 10.9. The Hall–Kier alpha value is -1.06. The Balaban J connectivity index is 2.41. The van der Waals surface area contributed by atoms with Crippen LogP contribution in [-0.2, 0) is 16.0 Å². The molecule has 0 N–H and O–H groups in total. The predicted molar refractivity (Wildman–Crippen MR) is 63.2 cm³/mol. The zero-order valence-corrected chi connectivity index (χ0v) is 10.00. The first-order valence-electron chi connectivity index (χ1n) is 5.04. The van der Waals surface area contributed by atoms with Gasteiger partial charge < -0.3 is 9.47 Å². The molecule has 0 aromatic heterocycles. The van der Waals surface area contributed by atoms with E-state index in [-0.39, 0.29) is 18.3 Å². The average Bonchev–Trinajstić information content (AvgIpc) is 2.34. The van der Waals surface area contributed by atoms with Gasteiger partial charge in [-0.1, -0.05) is 12.1 Å². The van der Waals surface area contributed by atoms with Crippen molar-refractivity contribution < 1.29 is 14.3 Å². The first-order valence-corrected chi connectivity index (χ1v) is 5.58. The second-order valence-corrected chi connectivity index (χ2v) is 3.61. The Morgan fingerprint density at radius 2 is 2.00 bits per heavy atom. The van der Waals surface area contributed by atoms with Gasteiger partial charge in [0, 0.05) is 7.11 Å². The molecule has 0 aliphatic carbocycles. The molecule has 0 unspecified atom stereocenters. The summed E-state index contributed by atoms with van der Waals surface area (Å²) in [5.41, 5.74) is 1.18. The molecular weight excluding hydrogens is 228 g/mol. The van der Waals surface area contributed by atoms with Gasteiger partial charge in [-0.15, -0.1) is 11.6 Å². The summed E-state index contributed by atoms with van der Waals surface area (Å²) >= 11 is 5.36. The predicted octanol–water partition coefficient (Wildman–Crippen LogP) is 2.06. The van der Waals surface area contributed by atoms with E-state index >= 15 is 0 Å². The number of alkyl halides is 1. The molecule has 1 aromatic rings. The Morgan fingerprint density at radius 1 is 1.31 bits per heavy atom. The molecule has 0 amide bonds. The Labute approximate surface area is 100 Å². The summed E-state index contributed by atoms with van der Waals surface area (Å²) in [6, 6.07) is 7.60. The Kier molecular flexibility index (Phi) is 5.90. The van der Waals surface area contributed by atoms with E-state index < -0.39 is 0 Å². The summed E-state index contributed by atoms with van der Waals surface area (Å²) in [4.78, 5) is 10.9. The zero-order chi connectivity index (χ0) is 11.8. The molecule has 3 nitrogen and oxygen atoms in total. The monoisotopic (exact) mass is 242 g/mol. The summed E-state index contributed by atoms with van der Waals surface area (Å²) in [6.07, 6.45) is 0.872. The molecule has 0 bridgehead atoms. The topological polar surface area (TPSA) is 35.5 Å². The smallest absolute Gasteiger partial charge is 0.184 e. The zero-order valence-electron chi connectivity index (χ0n) is 9.24. The van der Waals surface area contributed by atoms with E-state index in [9.17, 15) is 4.79 Å². The van der Waals surface area contributed by atoms with Crippen LogP contribution in [0.15, 0.2) is 24.3 Å². The quantitative estimate of drug-likeness (QED) is 0.687. The van der Waals surface area contributed by atoms with Crippen molar-refractivity contribution in [3.8, 4) is 5.75 Å². The Morgan fingerprint density at radius 3 is 2.56 bits per heavy atom. The molecule has 0 atom stereocenters. The van der Waals surface area contributed by atoms with Crippen LogP contribution in [0.2, 0.25) is 0 Å². The molecular formula is C12H15ClO3. The largest absolute Gasteiger partial charge is 0.486 e. The number of carbonyl (C=O) groups excluding carboxylic acids is 1. The van der Waals surface area contributed by atoms with Crippen LogP contribution in [0.4, 0.5) is 0 Å². The third-order valence-corrected chi connectivity index (χ3v) is 2.37. The normalized spacial score (nSPS) is 10.1. The summed E-state index contributed by atoms with van der Waals surface area (Å²) in [6.45, 7) is 0.728. The second-order valence-electron chi connectivity index (χ2n) is 3.35. The lowest BCUT2D eigenvalue weighted by Gasteiger charge is -2.05. The van der Waals surface area contributed by atoms with Gasteiger partial charge in [-0.2, -0.15) is 0 Å². The first kappa shape index (κ1) is 13.0. The van der Waals surface area contributed by atoms with Crippen LogP contribution in [-0.4, -0.2) is 32.0 Å². The van der Waals surface area contributed by atoms with Crippen molar-refractivity contribution in [3.05, 3.63) is 29.8 Å². The molecule has 0 fully saturated rings. The van der Waals surface area contributed by atoms with Crippen molar-refractivity contribution >= 4 is 17.4 Å². The molecule has 1 rings (SSSR count). The number of methoxy groups -OCH3 is 1. The maximum absolute atomic E-state index is 10.9. The number of hydrogen-bond acceptors (Lipinski definition) is 3.